The lowest BCUT2D eigenvalue weighted by Crippen LogP contribution is -2.54. The number of carbonyl (C=O) groups is 1. The third-order valence-corrected chi connectivity index (χ3v) is 8.19. The number of ether oxygens (including phenoxy) is 3. The molecule has 4 aromatic rings. The van der Waals surface area contributed by atoms with Crippen LogP contribution < -0.4 is 14.8 Å². The number of likely N-dealkylation sites (tertiary alicyclic amines) is 1. The van der Waals surface area contributed by atoms with Crippen molar-refractivity contribution in [3.63, 3.8) is 0 Å². The highest BCUT2D eigenvalue weighted by molar-refractivity contribution is 9.10. The van der Waals surface area contributed by atoms with Gasteiger partial charge in [0.2, 0.25) is 0 Å². The topological polar surface area (TPSA) is 110 Å². The SMILES string of the molecule is COc1ccc(CNc2nccn3c([C@@]4(C)CC[C@H](CO)N(C(=O)OCc5ccccc5)C4)nc(Br)c23)c(OC)c1. The summed E-state index contributed by atoms with van der Waals surface area (Å²) in [5, 5.41) is 13.5. The largest absolute Gasteiger partial charge is 0.497 e. The van der Waals surface area contributed by atoms with E-state index in [0.29, 0.717) is 35.7 Å². The number of methoxy groups -OCH3 is 2. The summed E-state index contributed by atoms with van der Waals surface area (Å²) in [6.45, 7) is 2.96. The highest BCUT2D eigenvalue weighted by Gasteiger charge is 2.43. The Morgan fingerprint density at radius 1 is 1.20 bits per heavy atom. The van der Waals surface area contributed by atoms with Crippen LogP contribution in [0.3, 0.4) is 0 Å². The fourth-order valence-electron chi connectivity index (χ4n) is 5.34. The summed E-state index contributed by atoms with van der Waals surface area (Å²) in [5.74, 6) is 2.88. The lowest BCUT2D eigenvalue weighted by molar-refractivity contribution is 0.0287. The van der Waals surface area contributed by atoms with Crippen LogP contribution in [0, 0.1) is 0 Å². The van der Waals surface area contributed by atoms with E-state index >= 15 is 0 Å². The number of rotatable bonds is 9. The average Bonchev–Trinajstić information content (AvgIpc) is 3.37. The summed E-state index contributed by atoms with van der Waals surface area (Å²) in [4.78, 5) is 24.4. The fourth-order valence-corrected chi connectivity index (χ4v) is 5.89. The lowest BCUT2D eigenvalue weighted by atomic mass is 9.78. The molecule has 11 heteroatoms. The maximum Gasteiger partial charge on any atom is 0.410 e. The molecule has 0 bridgehead atoms. The minimum absolute atomic E-state index is 0.130. The zero-order valence-corrected chi connectivity index (χ0v) is 24.9. The van der Waals surface area contributed by atoms with Crippen molar-refractivity contribution in [3.8, 4) is 11.5 Å². The number of anilines is 1. The minimum Gasteiger partial charge on any atom is -0.497 e. The first-order valence-electron chi connectivity index (χ1n) is 13.4. The monoisotopic (exact) mass is 623 g/mol. The summed E-state index contributed by atoms with van der Waals surface area (Å²) >= 11 is 3.65. The normalized spacial score (nSPS) is 18.8. The van der Waals surface area contributed by atoms with Gasteiger partial charge in [0.25, 0.3) is 0 Å². The molecule has 2 N–H and O–H groups in total. The van der Waals surface area contributed by atoms with Crippen molar-refractivity contribution in [2.24, 2.45) is 0 Å². The van der Waals surface area contributed by atoms with Crippen molar-refractivity contribution in [3.05, 3.63) is 82.5 Å². The van der Waals surface area contributed by atoms with Crippen LogP contribution in [0.15, 0.2) is 65.5 Å². The molecule has 1 amide bonds. The molecule has 0 unspecified atom stereocenters. The van der Waals surface area contributed by atoms with Crippen LogP contribution in [0.25, 0.3) is 5.52 Å². The summed E-state index contributed by atoms with van der Waals surface area (Å²) in [6.07, 6.45) is 4.51. The van der Waals surface area contributed by atoms with E-state index in [-0.39, 0.29) is 19.3 Å². The van der Waals surface area contributed by atoms with E-state index in [0.717, 1.165) is 34.6 Å². The Morgan fingerprint density at radius 3 is 2.73 bits per heavy atom. The number of aliphatic hydroxyl groups excluding tert-OH is 1. The third-order valence-electron chi connectivity index (χ3n) is 7.63. The lowest BCUT2D eigenvalue weighted by Gasteiger charge is -2.43. The van der Waals surface area contributed by atoms with Gasteiger partial charge in [0, 0.05) is 42.5 Å². The molecule has 0 radical (unpaired) electrons. The number of carbonyl (C=O) groups excluding carboxylic acids is 1. The summed E-state index contributed by atoms with van der Waals surface area (Å²) in [6, 6.07) is 14.9. The number of hydrogen-bond donors (Lipinski definition) is 2. The number of benzene rings is 2. The van der Waals surface area contributed by atoms with Crippen LogP contribution in [0.4, 0.5) is 10.6 Å². The molecule has 1 aliphatic heterocycles. The Morgan fingerprint density at radius 2 is 2.00 bits per heavy atom. The first kappa shape index (κ1) is 28.7. The van der Waals surface area contributed by atoms with Gasteiger partial charge in [0.05, 0.1) is 26.9 Å². The second-order valence-corrected chi connectivity index (χ2v) is 11.1. The van der Waals surface area contributed by atoms with E-state index < -0.39 is 11.5 Å². The van der Waals surface area contributed by atoms with Gasteiger partial charge in [0.1, 0.15) is 34.1 Å². The molecule has 0 saturated carbocycles. The number of hydrogen-bond acceptors (Lipinski definition) is 8. The molecule has 0 aliphatic carbocycles. The molecule has 3 heterocycles. The number of fused-ring (bicyclic) bond motifs is 1. The van der Waals surface area contributed by atoms with Gasteiger partial charge in [-0.2, -0.15) is 0 Å². The van der Waals surface area contributed by atoms with Gasteiger partial charge in [-0.05, 0) is 46.5 Å². The van der Waals surface area contributed by atoms with E-state index in [2.05, 4.69) is 33.2 Å². The molecule has 5 rings (SSSR count). The standard InChI is InChI=1S/C30H34BrN5O5/c1-30(12-11-22(17-37)36(19-30)29(38)41-18-20-7-5-4-6-8-20)28-34-26(31)25-27(32-13-14-35(25)28)33-16-21-9-10-23(39-2)15-24(21)40-3/h4-10,13-15,22,37H,11-12,16-19H2,1-3H3,(H,32,33)/t22-,30+/m1/s1. The molecule has 1 fully saturated rings. The second kappa shape index (κ2) is 12.4. The number of nitrogens with zero attached hydrogens (tertiary/aromatic N) is 4. The molecule has 2 aromatic carbocycles. The third kappa shape index (κ3) is 5.96. The Balaban J connectivity index is 1.39. The zero-order valence-electron chi connectivity index (χ0n) is 23.3. The fraction of sp³-hybridized carbons (Fsp3) is 0.367. The van der Waals surface area contributed by atoms with Crippen molar-refractivity contribution >= 4 is 33.4 Å². The van der Waals surface area contributed by atoms with Crippen molar-refractivity contribution in [2.75, 3.05) is 32.7 Å². The molecule has 2 aromatic heterocycles. The number of imidazole rings is 1. The molecule has 1 saturated heterocycles. The number of aliphatic hydroxyl groups is 1. The maximum absolute atomic E-state index is 13.2. The highest BCUT2D eigenvalue weighted by Crippen LogP contribution is 2.39. The van der Waals surface area contributed by atoms with E-state index in [9.17, 15) is 9.90 Å². The van der Waals surface area contributed by atoms with E-state index in [1.165, 1.54) is 0 Å². The molecule has 41 heavy (non-hydrogen) atoms. The molecule has 0 spiro atoms. The molecular formula is C30H34BrN5O5. The van der Waals surface area contributed by atoms with Crippen LogP contribution in [0.1, 0.15) is 36.7 Å². The van der Waals surface area contributed by atoms with Crippen molar-refractivity contribution in [1.82, 2.24) is 19.3 Å². The van der Waals surface area contributed by atoms with E-state index in [4.69, 9.17) is 19.2 Å². The Labute approximate surface area is 247 Å². The molecule has 2 atom stereocenters. The molecule has 10 nitrogen and oxygen atoms in total. The summed E-state index contributed by atoms with van der Waals surface area (Å²) in [5.41, 5.74) is 2.15. The van der Waals surface area contributed by atoms with E-state index in [1.54, 1.807) is 25.3 Å². The Bertz CT molecular complexity index is 1510. The number of halogens is 1. The summed E-state index contributed by atoms with van der Waals surface area (Å²) in [7, 11) is 3.25. The minimum atomic E-state index is -0.496. The molecule has 216 valence electrons. The predicted molar refractivity (Wildman–Crippen MR) is 158 cm³/mol. The van der Waals surface area contributed by atoms with Gasteiger partial charge < -0.3 is 29.5 Å². The highest BCUT2D eigenvalue weighted by atomic mass is 79.9. The number of nitrogens with one attached hydrogen (secondary N) is 1. The summed E-state index contributed by atoms with van der Waals surface area (Å²) < 4.78 is 19.2. The van der Waals surface area contributed by atoms with Crippen LogP contribution in [0.5, 0.6) is 11.5 Å². The van der Waals surface area contributed by atoms with Gasteiger partial charge in [0.15, 0.2) is 5.82 Å². The maximum atomic E-state index is 13.2. The number of piperidine rings is 1. The van der Waals surface area contributed by atoms with Gasteiger partial charge in [-0.15, -0.1) is 0 Å². The first-order valence-corrected chi connectivity index (χ1v) is 14.2. The van der Waals surface area contributed by atoms with Gasteiger partial charge >= 0.3 is 6.09 Å². The van der Waals surface area contributed by atoms with Crippen LogP contribution in [0.2, 0.25) is 0 Å². The predicted octanol–water partition coefficient (Wildman–Crippen LogP) is 5.17. The molecule has 1 aliphatic rings. The van der Waals surface area contributed by atoms with Crippen molar-refractivity contribution in [1.29, 1.82) is 0 Å². The van der Waals surface area contributed by atoms with Gasteiger partial charge in [-0.1, -0.05) is 37.3 Å². The number of aromatic nitrogens is 3. The van der Waals surface area contributed by atoms with Gasteiger partial charge in [-0.25, -0.2) is 14.8 Å². The average molecular weight is 625 g/mol. The Hall–Kier alpha value is -3.83. The van der Waals surface area contributed by atoms with Crippen LogP contribution in [-0.2, 0) is 23.3 Å². The van der Waals surface area contributed by atoms with Crippen LogP contribution >= 0.6 is 15.9 Å². The smallest absolute Gasteiger partial charge is 0.410 e. The Kier molecular flexibility index (Phi) is 8.65. The van der Waals surface area contributed by atoms with Gasteiger partial charge in [-0.3, -0.25) is 4.40 Å². The van der Waals surface area contributed by atoms with Crippen LogP contribution in [-0.4, -0.2) is 63.9 Å². The first-order chi connectivity index (χ1) is 19.9. The van der Waals surface area contributed by atoms with Crippen molar-refractivity contribution < 1.29 is 24.1 Å². The van der Waals surface area contributed by atoms with E-state index in [1.807, 2.05) is 59.1 Å². The molecular weight excluding hydrogens is 590 g/mol. The second-order valence-electron chi connectivity index (χ2n) is 10.4. The zero-order chi connectivity index (χ0) is 29.0. The number of amides is 1. The quantitative estimate of drug-likeness (QED) is 0.263. The van der Waals surface area contributed by atoms with Crippen molar-refractivity contribution in [2.45, 2.75) is 44.4 Å².